The highest BCUT2D eigenvalue weighted by Crippen LogP contribution is 2.10. The Hall–Kier alpha value is -0.710. The highest BCUT2D eigenvalue weighted by molar-refractivity contribution is 7.85. The molecule has 1 rings (SSSR count). The van der Waals surface area contributed by atoms with Crippen molar-refractivity contribution in [2.24, 2.45) is 0 Å². The summed E-state index contributed by atoms with van der Waals surface area (Å²) >= 11 is 0. The molecule has 3 atom stereocenters. The normalized spacial score (nSPS) is 16.7. The average molecular weight is 242 g/mol. The zero-order chi connectivity index (χ0) is 12.0. The van der Waals surface area contributed by atoms with Crippen molar-refractivity contribution in [3.05, 3.63) is 30.3 Å². The largest absolute Gasteiger partial charge is 0.390 e. The first-order valence-electron chi connectivity index (χ1n) is 5.44. The van der Waals surface area contributed by atoms with Gasteiger partial charge in [-0.25, -0.2) is 0 Å². The van der Waals surface area contributed by atoms with Gasteiger partial charge >= 0.3 is 0 Å². The van der Waals surface area contributed by atoms with Gasteiger partial charge in [-0.3, -0.25) is 4.21 Å². The molecule has 2 N–H and O–H groups in total. The molecular weight excluding hydrogens is 224 g/mol. The number of rotatable bonds is 6. The summed E-state index contributed by atoms with van der Waals surface area (Å²) in [6, 6.07) is 8.98. The second kappa shape index (κ2) is 6.78. The van der Waals surface area contributed by atoms with E-state index in [1.807, 2.05) is 25.1 Å². The molecule has 1 unspecified atom stereocenters. The molecule has 1 aromatic rings. The summed E-state index contributed by atoms with van der Waals surface area (Å²) in [6.07, 6.45) is -0.359. The van der Waals surface area contributed by atoms with Crippen molar-refractivity contribution in [1.82, 2.24) is 0 Å². The molecule has 0 bridgehead atoms. The molecule has 0 radical (unpaired) electrons. The maximum absolute atomic E-state index is 11.8. The van der Waals surface area contributed by atoms with Crippen molar-refractivity contribution >= 4 is 10.8 Å². The Morgan fingerprint density at radius 2 is 1.81 bits per heavy atom. The first-order chi connectivity index (χ1) is 7.65. The summed E-state index contributed by atoms with van der Waals surface area (Å²) in [5.74, 6) is 0.0885. The summed E-state index contributed by atoms with van der Waals surface area (Å²) in [7, 11) is -1.25. The lowest BCUT2D eigenvalue weighted by molar-refractivity contribution is 0.0282. The third kappa shape index (κ3) is 4.04. The second-order valence-electron chi connectivity index (χ2n) is 3.75. The van der Waals surface area contributed by atoms with Crippen molar-refractivity contribution < 1.29 is 14.4 Å². The van der Waals surface area contributed by atoms with Gasteiger partial charge in [0, 0.05) is 4.90 Å². The molecule has 0 saturated heterocycles. The minimum atomic E-state index is -1.25. The van der Waals surface area contributed by atoms with Crippen LogP contribution in [0.5, 0.6) is 0 Å². The zero-order valence-electron chi connectivity index (χ0n) is 9.37. The Bertz CT molecular complexity index is 326. The van der Waals surface area contributed by atoms with E-state index in [4.69, 9.17) is 0 Å². The molecule has 0 fully saturated rings. The van der Waals surface area contributed by atoms with E-state index in [0.29, 0.717) is 11.3 Å². The van der Waals surface area contributed by atoms with Gasteiger partial charge in [0.1, 0.15) is 0 Å². The van der Waals surface area contributed by atoms with Crippen LogP contribution in [-0.2, 0) is 10.8 Å². The van der Waals surface area contributed by atoms with E-state index in [1.165, 1.54) is 0 Å². The van der Waals surface area contributed by atoms with Gasteiger partial charge in [0.25, 0.3) is 0 Å². The third-order valence-electron chi connectivity index (χ3n) is 2.36. The van der Waals surface area contributed by atoms with Crippen LogP contribution < -0.4 is 0 Å². The molecule has 4 heteroatoms. The Morgan fingerprint density at radius 1 is 1.19 bits per heavy atom. The molecule has 0 aromatic heterocycles. The number of hydrogen-bond donors (Lipinski definition) is 2. The first kappa shape index (κ1) is 13.4. The van der Waals surface area contributed by atoms with Crippen molar-refractivity contribution in [3.8, 4) is 0 Å². The van der Waals surface area contributed by atoms with Crippen molar-refractivity contribution in [2.75, 3.05) is 5.75 Å². The number of aliphatic hydroxyl groups is 2. The van der Waals surface area contributed by atoms with Crippen molar-refractivity contribution in [3.63, 3.8) is 0 Å². The van der Waals surface area contributed by atoms with Crippen LogP contribution >= 0.6 is 0 Å². The molecule has 0 aliphatic carbocycles. The molecule has 3 nitrogen and oxygen atoms in total. The third-order valence-corrected chi connectivity index (χ3v) is 3.80. The molecule has 0 aliphatic rings. The SMILES string of the molecule is CCC[C@@H](O)[C@@H](O)CS(=O)c1ccccc1. The number of aliphatic hydroxyl groups excluding tert-OH is 2. The van der Waals surface area contributed by atoms with Crippen molar-refractivity contribution in [2.45, 2.75) is 36.9 Å². The Morgan fingerprint density at radius 3 is 2.38 bits per heavy atom. The van der Waals surface area contributed by atoms with Crippen LogP contribution in [0.4, 0.5) is 0 Å². The monoisotopic (exact) mass is 242 g/mol. The first-order valence-corrected chi connectivity index (χ1v) is 6.76. The lowest BCUT2D eigenvalue weighted by Gasteiger charge is -2.16. The minimum Gasteiger partial charge on any atom is -0.390 e. The van der Waals surface area contributed by atoms with E-state index in [9.17, 15) is 14.4 Å². The van der Waals surface area contributed by atoms with Crippen LogP contribution in [0.1, 0.15) is 19.8 Å². The summed E-state index contributed by atoms with van der Waals surface area (Å²) in [4.78, 5) is 0.685. The standard InChI is InChI=1S/C12H18O3S/c1-2-6-11(13)12(14)9-16(15)10-7-4-3-5-8-10/h3-5,7-8,11-14H,2,6,9H2,1H3/t11-,12+,16?/m1/s1. The van der Waals surface area contributed by atoms with E-state index >= 15 is 0 Å². The summed E-state index contributed by atoms with van der Waals surface area (Å²) in [5.41, 5.74) is 0. The maximum atomic E-state index is 11.8. The van der Waals surface area contributed by atoms with Gasteiger partial charge in [0.15, 0.2) is 0 Å². The smallest absolute Gasteiger partial charge is 0.0917 e. The lowest BCUT2D eigenvalue weighted by Crippen LogP contribution is -2.31. The molecular formula is C12H18O3S. The Labute approximate surface area is 98.6 Å². The van der Waals surface area contributed by atoms with Crippen LogP contribution in [0.15, 0.2) is 35.2 Å². The quantitative estimate of drug-likeness (QED) is 0.791. The van der Waals surface area contributed by atoms with Crippen LogP contribution in [-0.4, -0.2) is 32.4 Å². The van der Waals surface area contributed by atoms with Crippen LogP contribution in [0.3, 0.4) is 0 Å². The highest BCUT2D eigenvalue weighted by atomic mass is 32.2. The van der Waals surface area contributed by atoms with Gasteiger partial charge in [0.2, 0.25) is 0 Å². The summed E-state index contributed by atoms with van der Waals surface area (Å²) in [6.45, 7) is 1.93. The Kier molecular flexibility index (Phi) is 5.66. The summed E-state index contributed by atoms with van der Waals surface area (Å²) in [5, 5.41) is 19.2. The molecule has 0 heterocycles. The van der Waals surface area contributed by atoms with Gasteiger partial charge in [-0.05, 0) is 18.6 Å². The number of benzene rings is 1. The Balaban J connectivity index is 2.52. The van der Waals surface area contributed by atoms with Gasteiger partial charge in [-0.15, -0.1) is 0 Å². The fourth-order valence-electron chi connectivity index (χ4n) is 1.42. The van der Waals surface area contributed by atoms with E-state index < -0.39 is 23.0 Å². The number of hydrogen-bond acceptors (Lipinski definition) is 3. The van der Waals surface area contributed by atoms with Crippen molar-refractivity contribution in [1.29, 1.82) is 0 Å². The molecule has 90 valence electrons. The summed E-state index contributed by atoms with van der Waals surface area (Å²) < 4.78 is 11.8. The van der Waals surface area contributed by atoms with Gasteiger partial charge in [-0.1, -0.05) is 31.5 Å². The molecule has 16 heavy (non-hydrogen) atoms. The molecule has 0 amide bonds. The molecule has 1 aromatic carbocycles. The zero-order valence-corrected chi connectivity index (χ0v) is 10.2. The van der Waals surface area contributed by atoms with E-state index in [1.54, 1.807) is 12.1 Å². The van der Waals surface area contributed by atoms with Crippen LogP contribution in [0, 0.1) is 0 Å². The minimum absolute atomic E-state index is 0.0885. The van der Waals surface area contributed by atoms with E-state index in [0.717, 1.165) is 6.42 Å². The maximum Gasteiger partial charge on any atom is 0.0917 e. The molecule has 0 aliphatic heterocycles. The van der Waals surface area contributed by atoms with E-state index in [-0.39, 0.29) is 5.75 Å². The van der Waals surface area contributed by atoms with Gasteiger partial charge in [-0.2, -0.15) is 0 Å². The highest BCUT2D eigenvalue weighted by Gasteiger charge is 2.18. The topological polar surface area (TPSA) is 57.5 Å². The van der Waals surface area contributed by atoms with Crippen LogP contribution in [0.25, 0.3) is 0 Å². The van der Waals surface area contributed by atoms with Gasteiger partial charge < -0.3 is 10.2 Å². The van der Waals surface area contributed by atoms with E-state index in [2.05, 4.69) is 0 Å². The molecule has 0 spiro atoms. The lowest BCUT2D eigenvalue weighted by atomic mass is 10.1. The fraction of sp³-hybridized carbons (Fsp3) is 0.500. The fourth-order valence-corrected chi connectivity index (χ4v) is 2.61. The average Bonchev–Trinajstić information content (AvgIpc) is 2.30. The van der Waals surface area contributed by atoms with Gasteiger partial charge in [0.05, 0.1) is 28.8 Å². The second-order valence-corrected chi connectivity index (χ2v) is 5.24. The predicted octanol–water partition coefficient (Wildman–Crippen LogP) is 1.32. The van der Waals surface area contributed by atoms with Crippen LogP contribution in [0.2, 0.25) is 0 Å². The predicted molar refractivity (Wildman–Crippen MR) is 64.6 cm³/mol. The molecule has 0 saturated carbocycles.